The number of likely N-dealkylation sites (tertiary alicyclic amines) is 1. The maximum absolute atomic E-state index is 14.0. The Kier molecular flexibility index (Phi) is 7.40. The molecule has 4 aromatic heterocycles. The Morgan fingerprint density at radius 2 is 1.66 bits per heavy atom. The molecule has 47 heavy (non-hydrogen) atoms. The van der Waals surface area contributed by atoms with Crippen molar-refractivity contribution in [3.05, 3.63) is 88.2 Å². The van der Waals surface area contributed by atoms with Gasteiger partial charge in [-0.2, -0.15) is 0 Å². The number of nitrogens with zero attached hydrogens (tertiary/aromatic N) is 5. The highest BCUT2D eigenvalue weighted by molar-refractivity contribution is 6.06. The summed E-state index contributed by atoms with van der Waals surface area (Å²) in [5.74, 6) is 0.305. The van der Waals surface area contributed by atoms with Crippen molar-refractivity contribution in [2.45, 2.75) is 31.7 Å². The van der Waals surface area contributed by atoms with E-state index in [1.54, 1.807) is 6.07 Å². The van der Waals surface area contributed by atoms with Crippen LogP contribution in [0.15, 0.2) is 71.5 Å². The van der Waals surface area contributed by atoms with Gasteiger partial charge in [0.05, 0.1) is 16.4 Å². The fourth-order valence-corrected chi connectivity index (χ4v) is 7.35. The standard InChI is InChI=1S/C36H38N8O3/c1-41-28-10-4-5-11-29(28)44-33-25(32(45)31(36(41)44)35(47)37-16-21-42-17-6-7-18-42)12-13-30(40-33)43-19-14-24(15-20-43)38-34(46)27-22-23-8-2-3-9-26(23)39-27/h2-5,8-13,22,24,39H,6-7,14-21H2,1H3,(H,37,47)(H,38,46). The number of fused-ring (bicyclic) bond motifs is 6. The van der Waals surface area contributed by atoms with E-state index < -0.39 is 0 Å². The van der Waals surface area contributed by atoms with Crippen molar-refractivity contribution in [3.8, 4) is 0 Å². The van der Waals surface area contributed by atoms with Gasteiger partial charge in [-0.05, 0) is 75.2 Å². The largest absolute Gasteiger partial charge is 0.356 e. The van der Waals surface area contributed by atoms with Gasteiger partial charge in [-0.3, -0.25) is 18.8 Å². The number of amides is 2. The fourth-order valence-electron chi connectivity index (χ4n) is 7.35. The van der Waals surface area contributed by atoms with E-state index in [9.17, 15) is 14.4 Å². The maximum Gasteiger partial charge on any atom is 0.267 e. The van der Waals surface area contributed by atoms with Crippen LogP contribution in [0.1, 0.15) is 46.5 Å². The molecule has 8 rings (SSSR count). The molecule has 0 bridgehead atoms. The van der Waals surface area contributed by atoms with Crippen LogP contribution in [0.3, 0.4) is 0 Å². The van der Waals surface area contributed by atoms with E-state index in [1.165, 1.54) is 12.8 Å². The predicted molar refractivity (Wildman–Crippen MR) is 184 cm³/mol. The molecule has 0 saturated carbocycles. The number of aryl methyl sites for hydroxylation is 1. The normalized spacial score (nSPS) is 16.1. The average Bonchev–Trinajstić information content (AvgIpc) is 3.84. The number of carbonyl (C=O) groups is 2. The minimum atomic E-state index is -0.361. The Labute approximate surface area is 271 Å². The van der Waals surface area contributed by atoms with Crippen molar-refractivity contribution in [1.29, 1.82) is 0 Å². The molecule has 0 atom stereocenters. The molecule has 3 N–H and O–H groups in total. The highest BCUT2D eigenvalue weighted by Gasteiger charge is 2.27. The van der Waals surface area contributed by atoms with Crippen molar-refractivity contribution in [3.63, 3.8) is 0 Å². The van der Waals surface area contributed by atoms with Crippen molar-refractivity contribution < 1.29 is 9.59 Å². The van der Waals surface area contributed by atoms with Gasteiger partial charge in [0, 0.05) is 50.2 Å². The van der Waals surface area contributed by atoms with E-state index in [0.717, 1.165) is 60.2 Å². The third-order valence-corrected chi connectivity index (χ3v) is 9.85. The number of piperidine rings is 1. The number of benzene rings is 2. The molecule has 0 aliphatic carbocycles. The van der Waals surface area contributed by atoms with Crippen molar-refractivity contribution in [2.75, 3.05) is 44.2 Å². The first kappa shape index (κ1) is 29.3. The van der Waals surface area contributed by atoms with E-state index in [-0.39, 0.29) is 28.8 Å². The number of H-pyrrole nitrogens is 1. The monoisotopic (exact) mass is 630 g/mol. The molecule has 2 aliphatic heterocycles. The highest BCUT2D eigenvalue weighted by Crippen LogP contribution is 2.28. The SMILES string of the molecule is Cn1c2ccccc2n2c3nc(N4CCC(NC(=O)c5cc6ccccc6[nH]5)CC4)ccc3c(=O)c(C(=O)NCCN3CCCC3)c12. The van der Waals surface area contributed by atoms with Gasteiger partial charge in [-0.1, -0.05) is 30.3 Å². The first-order valence-corrected chi connectivity index (χ1v) is 16.5. The van der Waals surface area contributed by atoms with E-state index >= 15 is 0 Å². The quantitative estimate of drug-likeness (QED) is 0.245. The zero-order valence-electron chi connectivity index (χ0n) is 26.5. The van der Waals surface area contributed by atoms with Crippen molar-refractivity contribution in [1.82, 2.24) is 34.5 Å². The number of nitrogens with one attached hydrogen (secondary N) is 3. The Bertz CT molecular complexity index is 2180. The number of para-hydroxylation sites is 3. The first-order chi connectivity index (χ1) is 23.0. The summed E-state index contributed by atoms with van der Waals surface area (Å²) in [6.45, 7) is 4.78. The highest BCUT2D eigenvalue weighted by atomic mass is 16.2. The number of anilines is 1. The lowest BCUT2D eigenvalue weighted by Gasteiger charge is -2.33. The molecule has 240 valence electrons. The Morgan fingerprint density at radius 1 is 0.915 bits per heavy atom. The molecule has 0 spiro atoms. The number of imidazole rings is 1. The number of aromatic amines is 1. The minimum Gasteiger partial charge on any atom is -0.356 e. The summed E-state index contributed by atoms with van der Waals surface area (Å²) in [5, 5.41) is 7.64. The molecule has 2 amide bonds. The summed E-state index contributed by atoms with van der Waals surface area (Å²) in [5.41, 5.74) is 4.18. The van der Waals surface area contributed by atoms with Gasteiger partial charge < -0.3 is 30.0 Å². The summed E-state index contributed by atoms with van der Waals surface area (Å²) >= 11 is 0. The molecule has 2 saturated heterocycles. The van der Waals surface area contributed by atoms with Gasteiger partial charge in [-0.15, -0.1) is 0 Å². The number of aromatic nitrogens is 4. The zero-order chi connectivity index (χ0) is 32.1. The zero-order valence-corrected chi connectivity index (χ0v) is 26.5. The van der Waals surface area contributed by atoms with Gasteiger partial charge >= 0.3 is 0 Å². The summed E-state index contributed by atoms with van der Waals surface area (Å²) in [4.78, 5) is 53.5. The molecule has 11 nitrogen and oxygen atoms in total. The molecular formula is C36H38N8O3. The maximum atomic E-state index is 14.0. The summed E-state index contributed by atoms with van der Waals surface area (Å²) in [7, 11) is 1.89. The van der Waals surface area contributed by atoms with E-state index in [2.05, 4.69) is 25.4 Å². The third-order valence-electron chi connectivity index (χ3n) is 9.85. The molecule has 0 radical (unpaired) electrons. The molecule has 2 aromatic carbocycles. The second kappa shape index (κ2) is 11.9. The number of rotatable bonds is 7. The van der Waals surface area contributed by atoms with Crippen LogP contribution in [0, 0.1) is 0 Å². The lowest BCUT2D eigenvalue weighted by atomic mass is 10.0. The number of pyridine rings is 2. The van der Waals surface area contributed by atoms with Crippen LogP contribution in [0.5, 0.6) is 0 Å². The molecule has 6 heterocycles. The van der Waals surface area contributed by atoms with Crippen LogP contribution >= 0.6 is 0 Å². The molecule has 6 aromatic rings. The van der Waals surface area contributed by atoms with Crippen molar-refractivity contribution >= 4 is 56.2 Å². The lowest BCUT2D eigenvalue weighted by Crippen LogP contribution is -2.45. The topological polar surface area (TPSA) is 120 Å². The van der Waals surface area contributed by atoms with Gasteiger partial charge in [0.1, 0.15) is 22.7 Å². The van der Waals surface area contributed by atoms with Crippen molar-refractivity contribution in [2.24, 2.45) is 7.05 Å². The Balaban J connectivity index is 1.07. The second-order valence-corrected chi connectivity index (χ2v) is 12.8. The van der Waals surface area contributed by atoms with Gasteiger partial charge in [-0.25, -0.2) is 4.98 Å². The van der Waals surface area contributed by atoms with Gasteiger partial charge in [0.15, 0.2) is 5.65 Å². The van der Waals surface area contributed by atoms with Crippen LogP contribution in [0.2, 0.25) is 0 Å². The van der Waals surface area contributed by atoms with E-state index in [0.29, 0.717) is 42.0 Å². The fraction of sp³-hybridized carbons (Fsp3) is 0.333. The molecule has 2 fully saturated rings. The van der Waals surface area contributed by atoms with Crippen LogP contribution in [0.25, 0.3) is 38.6 Å². The van der Waals surface area contributed by atoms with Crippen LogP contribution < -0.4 is 21.0 Å². The number of hydrogen-bond donors (Lipinski definition) is 3. The number of hydrogen-bond acceptors (Lipinski definition) is 6. The Hall–Kier alpha value is -5.16. The average molecular weight is 631 g/mol. The molecule has 11 heteroatoms. The first-order valence-electron chi connectivity index (χ1n) is 16.5. The van der Waals surface area contributed by atoms with Crippen LogP contribution in [-0.2, 0) is 7.05 Å². The van der Waals surface area contributed by atoms with E-state index in [1.807, 2.05) is 76.7 Å². The Morgan fingerprint density at radius 3 is 2.45 bits per heavy atom. The van der Waals surface area contributed by atoms with Gasteiger partial charge in [0.2, 0.25) is 5.43 Å². The summed E-state index contributed by atoms with van der Waals surface area (Å²) < 4.78 is 3.87. The van der Waals surface area contributed by atoms with E-state index in [4.69, 9.17) is 4.98 Å². The van der Waals surface area contributed by atoms with Crippen LogP contribution in [-0.4, -0.2) is 81.0 Å². The predicted octanol–water partition coefficient (Wildman–Crippen LogP) is 4.05. The summed E-state index contributed by atoms with van der Waals surface area (Å²) in [6, 6.07) is 21.4. The lowest BCUT2D eigenvalue weighted by molar-refractivity contribution is 0.0924. The minimum absolute atomic E-state index is 0.0459. The third kappa shape index (κ3) is 5.20. The molecular weight excluding hydrogens is 592 g/mol. The second-order valence-electron chi connectivity index (χ2n) is 12.8. The summed E-state index contributed by atoms with van der Waals surface area (Å²) in [6.07, 6.45) is 3.91. The molecule has 2 aliphatic rings. The number of carbonyl (C=O) groups excluding carboxylic acids is 2. The molecule has 0 unspecified atom stereocenters. The van der Waals surface area contributed by atoms with Crippen LogP contribution in [0.4, 0.5) is 5.82 Å². The van der Waals surface area contributed by atoms with Gasteiger partial charge in [0.25, 0.3) is 11.8 Å². The smallest absolute Gasteiger partial charge is 0.267 e.